The zero-order valence-electron chi connectivity index (χ0n) is 12.5. The van der Waals surface area contributed by atoms with E-state index in [1.807, 2.05) is 18.2 Å². The second kappa shape index (κ2) is 9.52. The first-order valence-corrected chi connectivity index (χ1v) is 8.73. The normalized spacial score (nSPS) is 10.2. The quantitative estimate of drug-likeness (QED) is 0.575. The molecule has 0 atom stereocenters. The van der Waals surface area contributed by atoms with Gasteiger partial charge in [0.25, 0.3) is 5.91 Å². The van der Waals surface area contributed by atoms with E-state index in [0.29, 0.717) is 21.6 Å². The van der Waals surface area contributed by atoms with Gasteiger partial charge in [-0.25, -0.2) is 4.98 Å². The largest absolute Gasteiger partial charge is 0.456 e. The highest BCUT2D eigenvalue weighted by Crippen LogP contribution is 2.26. The summed E-state index contributed by atoms with van der Waals surface area (Å²) in [6, 6.07) is 10.5. The predicted molar refractivity (Wildman–Crippen MR) is 95.6 cm³/mol. The fraction of sp³-hybridized carbons (Fsp3) is 0.188. The number of hydrogen-bond donors (Lipinski definition) is 1. The lowest BCUT2D eigenvalue weighted by molar-refractivity contribution is -0.146. The standard InChI is InChI=1S/C16H14Cl2N2O3S/c17-11-5-6-14(19-9-11)20-15(21)10-23-16(22)7-8-24-13-4-2-1-3-12(13)18/h1-6,9H,7-8,10H2,(H,19,20,21). The number of benzene rings is 1. The summed E-state index contributed by atoms with van der Waals surface area (Å²) in [6.45, 7) is -0.361. The lowest BCUT2D eigenvalue weighted by atomic mass is 10.4. The van der Waals surface area contributed by atoms with Crippen LogP contribution in [-0.2, 0) is 14.3 Å². The fourth-order valence-corrected chi connectivity index (χ4v) is 2.93. The van der Waals surface area contributed by atoms with E-state index in [2.05, 4.69) is 10.3 Å². The molecular formula is C16H14Cl2N2O3S. The number of amides is 1. The Kier molecular flexibility index (Phi) is 7.36. The molecule has 0 saturated carbocycles. The summed E-state index contributed by atoms with van der Waals surface area (Å²) in [6.07, 6.45) is 1.59. The summed E-state index contributed by atoms with van der Waals surface area (Å²) in [5.74, 6) is -0.0523. The molecule has 1 aromatic carbocycles. The summed E-state index contributed by atoms with van der Waals surface area (Å²) < 4.78 is 4.92. The number of esters is 1. The predicted octanol–water partition coefficient (Wildman–Crippen LogP) is 4.05. The van der Waals surface area contributed by atoms with Gasteiger partial charge in [-0.15, -0.1) is 11.8 Å². The summed E-state index contributed by atoms with van der Waals surface area (Å²) in [7, 11) is 0. The third-order valence-electron chi connectivity index (χ3n) is 2.76. The molecule has 0 saturated heterocycles. The zero-order chi connectivity index (χ0) is 17.4. The monoisotopic (exact) mass is 384 g/mol. The molecular weight excluding hydrogens is 371 g/mol. The molecule has 0 aliphatic rings. The maximum atomic E-state index is 11.7. The third-order valence-corrected chi connectivity index (χ3v) is 4.50. The number of carbonyl (C=O) groups excluding carboxylic acids is 2. The number of aromatic nitrogens is 1. The third kappa shape index (κ3) is 6.39. The molecule has 0 fully saturated rings. The summed E-state index contributed by atoms with van der Waals surface area (Å²) >= 11 is 13.2. The second-order valence-electron chi connectivity index (χ2n) is 4.60. The van der Waals surface area contributed by atoms with Crippen LogP contribution >= 0.6 is 35.0 Å². The van der Waals surface area contributed by atoms with E-state index >= 15 is 0 Å². The van der Waals surface area contributed by atoms with Crippen molar-refractivity contribution in [2.24, 2.45) is 0 Å². The number of pyridine rings is 1. The number of anilines is 1. The van der Waals surface area contributed by atoms with E-state index in [1.165, 1.54) is 18.0 Å². The van der Waals surface area contributed by atoms with Gasteiger partial charge in [-0.1, -0.05) is 35.3 Å². The molecule has 2 aromatic rings. The minimum absolute atomic E-state index is 0.183. The smallest absolute Gasteiger partial charge is 0.307 e. The highest BCUT2D eigenvalue weighted by Gasteiger charge is 2.09. The highest BCUT2D eigenvalue weighted by atomic mass is 35.5. The lowest BCUT2D eigenvalue weighted by Gasteiger charge is -2.06. The van der Waals surface area contributed by atoms with Crippen LogP contribution in [-0.4, -0.2) is 29.2 Å². The number of rotatable bonds is 7. The number of nitrogens with one attached hydrogen (secondary N) is 1. The van der Waals surface area contributed by atoms with Gasteiger partial charge in [0.15, 0.2) is 6.61 Å². The van der Waals surface area contributed by atoms with Crippen molar-refractivity contribution < 1.29 is 14.3 Å². The molecule has 2 rings (SSSR count). The molecule has 0 radical (unpaired) electrons. The van der Waals surface area contributed by atoms with Crippen molar-refractivity contribution in [1.29, 1.82) is 0 Å². The Morgan fingerprint density at radius 1 is 1.17 bits per heavy atom. The Morgan fingerprint density at radius 3 is 2.67 bits per heavy atom. The Morgan fingerprint density at radius 2 is 1.96 bits per heavy atom. The Bertz CT molecular complexity index is 711. The van der Waals surface area contributed by atoms with E-state index in [-0.39, 0.29) is 13.0 Å². The van der Waals surface area contributed by atoms with Crippen molar-refractivity contribution in [2.75, 3.05) is 17.7 Å². The second-order valence-corrected chi connectivity index (χ2v) is 6.58. The van der Waals surface area contributed by atoms with Gasteiger partial charge in [0, 0.05) is 16.8 Å². The maximum absolute atomic E-state index is 11.7. The number of hydrogen-bond acceptors (Lipinski definition) is 5. The van der Waals surface area contributed by atoms with Crippen molar-refractivity contribution in [2.45, 2.75) is 11.3 Å². The van der Waals surface area contributed by atoms with Gasteiger partial charge in [-0.2, -0.15) is 0 Å². The number of halogens is 2. The maximum Gasteiger partial charge on any atom is 0.307 e. The first kappa shape index (κ1) is 18.6. The first-order valence-electron chi connectivity index (χ1n) is 6.99. The molecule has 1 heterocycles. The summed E-state index contributed by atoms with van der Waals surface area (Å²) in [5.41, 5.74) is 0. The number of thioether (sulfide) groups is 1. The van der Waals surface area contributed by atoms with Crippen LogP contribution in [0.3, 0.4) is 0 Å². The van der Waals surface area contributed by atoms with Crippen LogP contribution < -0.4 is 5.32 Å². The van der Waals surface area contributed by atoms with E-state index < -0.39 is 11.9 Å². The van der Waals surface area contributed by atoms with E-state index in [9.17, 15) is 9.59 Å². The van der Waals surface area contributed by atoms with Crippen molar-refractivity contribution >= 4 is 52.7 Å². The minimum Gasteiger partial charge on any atom is -0.456 e. The molecule has 1 aromatic heterocycles. The molecule has 0 aliphatic carbocycles. The van der Waals surface area contributed by atoms with E-state index in [4.69, 9.17) is 27.9 Å². The molecule has 0 bridgehead atoms. The Hall–Kier alpha value is -1.76. The van der Waals surface area contributed by atoms with Crippen LogP contribution in [0, 0.1) is 0 Å². The summed E-state index contributed by atoms with van der Waals surface area (Å²) in [5, 5.41) is 3.62. The zero-order valence-corrected chi connectivity index (χ0v) is 14.8. The van der Waals surface area contributed by atoms with Crippen molar-refractivity contribution in [3.8, 4) is 0 Å². The van der Waals surface area contributed by atoms with Gasteiger partial charge in [-0.05, 0) is 24.3 Å². The first-order chi connectivity index (χ1) is 11.5. The molecule has 8 heteroatoms. The molecule has 126 valence electrons. The fourth-order valence-electron chi connectivity index (χ4n) is 1.65. The average molecular weight is 385 g/mol. The average Bonchev–Trinajstić information content (AvgIpc) is 2.57. The Labute approximate surface area is 153 Å². The van der Waals surface area contributed by atoms with E-state index in [1.54, 1.807) is 18.2 Å². The van der Waals surface area contributed by atoms with Gasteiger partial charge in [0.05, 0.1) is 16.5 Å². The van der Waals surface area contributed by atoms with Gasteiger partial charge < -0.3 is 10.1 Å². The van der Waals surface area contributed by atoms with Gasteiger partial charge in [0.2, 0.25) is 0 Å². The number of carbonyl (C=O) groups is 2. The van der Waals surface area contributed by atoms with Crippen LogP contribution in [0.25, 0.3) is 0 Å². The van der Waals surface area contributed by atoms with Gasteiger partial charge in [-0.3, -0.25) is 9.59 Å². The van der Waals surface area contributed by atoms with Crippen LogP contribution in [0.2, 0.25) is 10.0 Å². The highest BCUT2D eigenvalue weighted by molar-refractivity contribution is 7.99. The topological polar surface area (TPSA) is 68.3 Å². The van der Waals surface area contributed by atoms with Gasteiger partial charge >= 0.3 is 5.97 Å². The molecule has 24 heavy (non-hydrogen) atoms. The van der Waals surface area contributed by atoms with E-state index in [0.717, 1.165) is 4.90 Å². The van der Waals surface area contributed by atoms with Crippen molar-refractivity contribution in [3.63, 3.8) is 0 Å². The van der Waals surface area contributed by atoms with Crippen molar-refractivity contribution in [1.82, 2.24) is 4.98 Å². The lowest BCUT2D eigenvalue weighted by Crippen LogP contribution is -2.21. The number of ether oxygens (including phenoxy) is 1. The SMILES string of the molecule is O=C(COC(=O)CCSc1ccccc1Cl)Nc1ccc(Cl)cn1. The molecule has 0 spiro atoms. The number of nitrogens with zero attached hydrogens (tertiary/aromatic N) is 1. The molecule has 0 aliphatic heterocycles. The van der Waals surface area contributed by atoms with Crippen LogP contribution in [0.15, 0.2) is 47.5 Å². The molecule has 1 N–H and O–H groups in total. The van der Waals surface area contributed by atoms with Crippen LogP contribution in [0.1, 0.15) is 6.42 Å². The molecule has 5 nitrogen and oxygen atoms in total. The minimum atomic E-state index is -0.461. The summed E-state index contributed by atoms with van der Waals surface area (Å²) in [4.78, 5) is 28.1. The molecule has 1 amide bonds. The Balaban J connectivity index is 1.66. The van der Waals surface area contributed by atoms with Crippen LogP contribution in [0.4, 0.5) is 5.82 Å². The van der Waals surface area contributed by atoms with Gasteiger partial charge in [0.1, 0.15) is 5.82 Å². The molecule has 0 unspecified atom stereocenters. The van der Waals surface area contributed by atoms with Crippen molar-refractivity contribution in [3.05, 3.63) is 52.6 Å². The van der Waals surface area contributed by atoms with Crippen LogP contribution in [0.5, 0.6) is 0 Å².